The predicted octanol–water partition coefficient (Wildman–Crippen LogP) is 3.79. The van der Waals surface area contributed by atoms with Crippen LogP contribution in [0.25, 0.3) is 0 Å². The number of nitrogens with two attached hydrogens (primary N) is 1. The third-order valence-corrected chi connectivity index (χ3v) is 2.70. The number of thioether (sulfide) groups is 1. The van der Waals surface area contributed by atoms with Crippen LogP contribution in [-0.4, -0.2) is 5.25 Å². The highest BCUT2D eigenvalue weighted by molar-refractivity contribution is 7.99. The van der Waals surface area contributed by atoms with E-state index in [4.69, 9.17) is 5.73 Å². The van der Waals surface area contributed by atoms with Gasteiger partial charge in [0.15, 0.2) is 0 Å². The van der Waals surface area contributed by atoms with Gasteiger partial charge in [-0.3, -0.25) is 0 Å². The largest absolute Gasteiger partial charge is 0.418 e. The molecule has 0 unspecified atom stereocenters. The number of rotatable bonds is 2. The quantitative estimate of drug-likeness (QED) is 0.623. The third kappa shape index (κ3) is 3.34. The minimum atomic E-state index is -4.38. The molecule has 0 aromatic heterocycles. The van der Waals surface area contributed by atoms with Gasteiger partial charge in [0.25, 0.3) is 0 Å². The van der Waals surface area contributed by atoms with Crippen molar-refractivity contribution in [3.05, 3.63) is 23.8 Å². The fourth-order valence-corrected chi connectivity index (χ4v) is 2.00. The van der Waals surface area contributed by atoms with Crippen molar-refractivity contribution in [1.29, 1.82) is 0 Å². The second-order valence-electron chi connectivity index (χ2n) is 3.41. The number of hydrogen-bond acceptors (Lipinski definition) is 2. The van der Waals surface area contributed by atoms with E-state index in [1.807, 2.05) is 13.8 Å². The lowest BCUT2D eigenvalue weighted by atomic mass is 10.2. The molecule has 0 radical (unpaired) electrons. The summed E-state index contributed by atoms with van der Waals surface area (Å²) >= 11 is 1.38. The molecular weight excluding hydrogens is 223 g/mol. The van der Waals surface area contributed by atoms with Gasteiger partial charge >= 0.3 is 6.18 Å². The molecule has 15 heavy (non-hydrogen) atoms. The summed E-state index contributed by atoms with van der Waals surface area (Å²) in [6.07, 6.45) is -4.38. The number of benzene rings is 1. The Morgan fingerprint density at radius 2 is 1.87 bits per heavy atom. The molecule has 1 aromatic rings. The molecule has 5 heteroatoms. The minimum absolute atomic E-state index is 0.226. The predicted molar refractivity (Wildman–Crippen MR) is 56.8 cm³/mol. The summed E-state index contributed by atoms with van der Waals surface area (Å²) in [4.78, 5) is 0.589. The van der Waals surface area contributed by atoms with Crippen LogP contribution in [0.5, 0.6) is 0 Å². The Morgan fingerprint density at radius 3 is 2.33 bits per heavy atom. The molecule has 1 aromatic carbocycles. The van der Waals surface area contributed by atoms with Gasteiger partial charge in [-0.05, 0) is 18.2 Å². The van der Waals surface area contributed by atoms with Crippen molar-refractivity contribution in [2.45, 2.75) is 30.2 Å². The van der Waals surface area contributed by atoms with Crippen LogP contribution in [0.1, 0.15) is 19.4 Å². The monoisotopic (exact) mass is 235 g/mol. The highest BCUT2D eigenvalue weighted by Gasteiger charge is 2.33. The molecule has 0 fully saturated rings. The lowest BCUT2D eigenvalue weighted by Gasteiger charge is -2.12. The van der Waals surface area contributed by atoms with Gasteiger partial charge in [-0.15, -0.1) is 11.8 Å². The number of hydrogen-bond donors (Lipinski definition) is 1. The van der Waals surface area contributed by atoms with Gasteiger partial charge < -0.3 is 5.73 Å². The second-order valence-corrected chi connectivity index (χ2v) is 5.06. The van der Waals surface area contributed by atoms with Crippen LogP contribution in [0.4, 0.5) is 18.9 Å². The Balaban J connectivity index is 3.06. The highest BCUT2D eigenvalue weighted by Crippen LogP contribution is 2.36. The van der Waals surface area contributed by atoms with Crippen molar-refractivity contribution in [3.8, 4) is 0 Å². The lowest BCUT2D eigenvalue weighted by Crippen LogP contribution is -2.09. The van der Waals surface area contributed by atoms with Crippen molar-refractivity contribution in [3.63, 3.8) is 0 Å². The average Bonchev–Trinajstić information content (AvgIpc) is 2.05. The minimum Gasteiger partial charge on any atom is -0.398 e. The normalized spacial score (nSPS) is 12.1. The van der Waals surface area contributed by atoms with Crippen molar-refractivity contribution < 1.29 is 13.2 Å². The summed E-state index contributed by atoms with van der Waals surface area (Å²) in [7, 11) is 0. The van der Waals surface area contributed by atoms with Gasteiger partial charge in [-0.25, -0.2) is 0 Å². The zero-order chi connectivity index (χ0) is 11.6. The molecule has 2 N–H and O–H groups in total. The molecule has 1 nitrogen and oxygen atoms in total. The summed E-state index contributed by atoms with van der Waals surface area (Å²) in [5, 5.41) is 0.245. The standard InChI is InChI=1S/C10H12F3NS/c1-6(2)15-7-3-4-9(14)8(5-7)10(11,12)13/h3-6H,14H2,1-2H3. The zero-order valence-electron chi connectivity index (χ0n) is 8.43. The molecular formula is C10H12F3NS. The third-order valence-electron chi connectivity index (χ3n) is 1.70. The van der Waals surface area contributed by atoms with Crippen LogP contribution in [-0.2, 0) is 6.18 Å². The van der Waals surface area contributed by atoms with Crippen molar-refractivity contribution >= 4 is 17.4 Å². The highest BCUT2D eigenvalue weighted by atomic mass is 32.2. The molecule has 0 amide bonds. The summed E-state index contributed by atoms with van der Waals surface area (Å²) in [5.74, 6) is 0. The number of anilines is 1. The number of nitrogen functional groups attached to an aromatic ring is 1. The van der Waals surface area contributed by atoms with Crippen LogP contribution in [0.3, 0.4) is 0 Å². The molecule has 0 saturated heterocycles. The van der Waals surface area contributed by atoms with E-state index in [-0.39, 0.29) is 10.9 Å². The number of alkyl halides is 3. The maximum absolute atomic E-state index is 12.5. The molecule has 0 spiro atoms. The zero-order valence-corrected chi connectivity index (χ0v) is 9.25. The van der Waals surface area contributed by atoms with E-state index in [0.29, 0.717) is 4.90 Å². The summed E-state index contributed by atoms with van der Waals surface area (Å²) < 4.78 is 37.4. The summed E-state index contributed by atoms with van der Waals surface area (Å²) in [6.45, 7) is 3.85. The molecule has 0 aliphatic rings. The average molecular weight is 235 g/mol. The van der Waals surface area contributed by atoms with Crippen LogP contribution in [0, 0.1) is 0 Å². The first-order valence-corrected chi connectivity index (χ1v) is 5.32. The van der Waals surface area contributed by atoms with Crippen LogP contribution < -0.4 is 5.73 Å². The van der Waals surface area contributed by atoms with E-state index in [1.54, 1.807) is 6.07 Å². The Labute approximate surface area is 90.9 Å². The van der Waals surface area contributed by atoms with Crippen LogP contribution in [0.2, 0.25) is 0 Å². The van der Waals surface area contributed by atoms with Crippen molar-refractivity contribution in [2.75, 3.05) is 5.73 Å². The SMILES string of the molecule is CC(C)Sc1ccc(N)c(C(F)(F)F)c1. The molecule has 84 valence electrons. The van der Waals surface area contributed by atoms with Gasteiger partial charge in [-0.2, -0.15) is 13.2 Å². The van der Waals surface area contributed by atoms with Crippen LogP contribution >= 0.6 is 11.8 Å². The fraction of sp³-hybridized carbons (Fsp3) is 0.400. The van der Waals surface area contributed by atoms with E-state index in [9.17, 15) is 13.2 Å². The van der Waals surface area contributed by atoms with E-state index < -0.39 is 11.7 Å². The van der Waals surface area contributed by atoms with Crippen molar-refractivity contribution in [1.82, 2.24) is 0 Å². The van der Waals surface area contributed by atoms with Crippen molar-refractivity contribution in [2.24, 2.45) is 0 Å². The van der Waals surface area contributed by atoms with E-state index in [2.05, 4.69) is 0 Å². The Bertz CT molecular complexity index is 347. The molecule has 0 atom stereocenters. The summed E-state index contributed by atoms with van der Waals surface area (Å²) in [5.41, 5.74) is 4.29. The van der Waals surface area contributed by atoms with Gasteiger partial charge in [0.1, 0.15) is 0 Å². The van der Waals surface area contributed by atoms with Crippen LogP contribution in [0.15, 0.2) is 23.1 Å². The Hall–Kier alpha value is -0.840. The lowest BCUT2D eigenvalue weighted by molar-refractivity contribution is -0.137. The Kier molecular flexibility index (Phi) is 3.54. The topological polar surface area (TPSA) is 26.0 Å². The second kappa shape index (κ2) is 4.35. The van der Waals surface area contributed by atoms with Gasteiger partial charge in [0.05, 0.1) is 5.56 Å². The fourth-order valence-electron chi connectivity index (χ4n) is 1.13. The summed E-state index contributed by atoms with van der Waals surface area (Å²) in [6, 6.07) is 4.00. The smallest absolute Gasteiger partial charge is 0.398 e. The van der Waals surface area contributed by atoms with E-state index >= 15 is 0 Å². The molecule has 0 saturated carbocycles. The molecule has 1 rings (SSSR count). The van der Waals surface area contributed by atoms with E-state index in [1.165, 1.54) is 17.8 Å². The first-order valence-electron chi connectivity index (χ1n) is 4.44. The molecule has 0 heterocycles. The molecule has 0 aliphatic heterocycles. The molecule has 0 bridgehead atoms. The number of halogens is 3. The van der Waals surface area contributed by atoms with Gasteiger partial charge in [0, 0.05) is 15.8 Å². The maximum Gasteiger partial charge on any atom is 0.418 e. The first-order chi connectivity index (χ1) is 6.80. The van der Waals surface area contributed by atoms with Gasteiger partial charge in [-0.1, -0.05) is 13.8 Å². The molecule has 0 aliphatic carbocycles. The van der Waals surface area contributed by atoms with E-state index in [0.717, 1.165) is 6.07 Å². The Morgan fingerprint density at radius 1 is 1.27 bits per heavy atom. The first kappa shape index (κ1) is 12.2. The van der Waals surface area contributed by atoms with Gasteiger partial charge in [0.2, 0.25) is 0 Å². The maximum atomic E-state index is 12.5.